The van der Waals surface area contributed by atoms with Gasteiger partial charge in [0.1, 0.15) is 0 Å². The van der Waals surface area contributed by atoms with E-state index in [2.05, 4.69) is 34.3 Å². The van der Waals surface area contributed by atoms with Gasteiger partial charge in [0.2, 0.25) is 0 Å². The van der Waals surface area contributed by atoms with Crippen LogP contribution in [-0.4, -0.2) is 52.6 Å². The molecule has 2 heterocycles. The number of likely N-dealkylation sites (N-methyl/N-ethyl adjacent to an activating group) is 1. The van der Waals surface area contributed by atoms with Crippen LogP contribution in [0.4, 0.5) is 0 Å². The van der Waals surface area contributed by atoms with E-state index in [-0.39, 0.29) is 11.9 Å². The van der Waals surface area contributed by atoms with Gasteiger partial charge in [0, 0.05) is 25.0 Å². The van der Waals surface area contributed by atoms with Crippen molar-refractivity contribution in [3.8, 4) is 0 Å². The zero-order valence-electron chi connectivity index (χ0n) is 14.6. The first-order valence-electron chi connectivity index (χ1n) is 8.62. The summed E-state index contributed by atoms with van der Waals surface area (Å²) in [7, 11) is 2.10. The second kappa shape index (κ2) is 6.33. The minimum atomic E-state index is -0.00111. The number of amides is 1. The van der Waals surface area contributed by atoms with Crippen LogP contribution >= 0.6 is 0 Å². The number of fused-ring (bicyclic) bond motifs is 1. The van der Waals surface area contributed by atoms with Gasteiger partial charge in [0.05, 0.1) is 11.6 Å². The number of hydrogen-bond acceptors (Lipinski definition) is 3. The Bertz CT molecular complexity index is 902. The summed E-state index contributed by atoms with van der Waals surface area (Å²) >= 11 is 0. The molecule has 0 spiro atoms. The predicted octanol–water partition coefficient (Wildman–Crippen LogP) is 3.00. The van der Waals surface area contributed by atoms with Crippen molar-refractivity contribution in [2.75, 3.05) is 26.7 Å². The average molecular weight is 334 g/mol. The molecule has 4 rings (SSSR count). The Hall–Kier alpha value is -2.66. The fraction of sp³-hybridized carbons (Fsp3) is 0.300. The number of aromatic nitrogens is 2. The number of hydrogen-bond donors (Lipinski definition) is 1. The molecule has 5 heteroatoms. The first-order chi connectivity index (χ1) is 12.1. The summed E-state index contributed by atoms with van der Waals surface area (Å²) in [6.45, 7) is 4.44. The molecule has 128 valence electrons. The van der Waals surface area contributed by atoms with Gasteiger partial charge in [-0.1, -0.05) is 42.0 Å². The summed E-state index contributed by atoms with van der Waals surface area (Å²) < 4.78 is 0. The van der Waals surface area contributed by atoms with Gasteiger partial charge < -0.3 is 9.80 Å². The fourth-order valence-electron chi connectivity index (χ4n) is 3.55. The van der Waals surface area contributed by atoms with Gasteiger partial charge in [-0.25, -0.2) is 0 Å². The molecule has 0 radical (unpaired) electrons. The van der Waals surface area contributed by atoms with Crippen molar-refractivity contribution in [3.05, 3.63) is 65.4 Å². The number of carbonyl (C=O) groups excluding carboxylic acids is 1. The van der Waals surface area contributed by atoms with E-state index in [4.69, 9.17) is 0 Å². The van der Waals surface area contributed by atoms with Crippen molar-refractivity contribution >= 4 is 16.8 Å². The van der Waals surface area contributed by atoms with Gasteiger partial charge in [0.15, 0.2) is 5.69 Å². The number of H-pyrrole nitrogens is 1. The summed E-state index contributed by atoms with van der Waals surface area (Å²) in [6.07, 6.45) is 0. The Kier molecular flexibility index (Phi) is 4.01. The van der Waals surface area contributed by atoms with Crippen molar-refractivity contribution in [1.29, 1.82) is 0 Å². The highest BCUT2D eigenvalue weighted by atomic mass is 16.2. The van der Waals surface area contributed by atoms with Crippen molar-refractivity contribution in [2.45, 2.75) is 13.0 Å². The van der Waals surface area contributed by atoms with Gasteiger partial charge in [-0.15, -0.1) is 0 Å². The number of nitrogens with zero attached hydrogens (tertiary/aromatic N) is 3. The third kappa shape index (κ3) is 2.91. The summed E-state index contributed by atoms with van der Waals surface area (Å²) in [4.78, 5) is 17.5. The molecule has 1 unspecified atom stereocenters. The number of nitrogens with one attached hydrogen (secondary N) is 1. The Morgan fingerprint density at radius 1 is 1.16 bits per heavy atom. The normalized spacial score (nSPS) is 18.6. The van der Waals surface area contributed by atoms with E-state index in [0.29, 0.717) is 12.2 Å². The Balaban J connectivity index is 1.72. The van der Waals surface area contributed by atoms with Crippen LogP contribution in [0, 0.1) is 6.92 Å². The lowest BCUT2D eigenvalue weighted by Crippen LogP contribution is -2.49. The van der Waals surface area contributed by atoms with Crippen LogP contribution in [-0.2, 0) is 0 Å². The molecule has 1 aliphatic heterocycles. The quantitative estimate of drug-likeness (QED) is 0.784. The van der Waals surface area contributed by atoms with Crippen LogP contribution in [0.25, 0.3) is 10.9 Å². The molecule has 5 nitrogen and oxygen atoms in total. The van der Waals surface area contributed by atoms with E-state index >= 15 is 0 Å². The van der Waals surface area contributed by atoms with E-state index in [0.717, 1.165) is 29.6 Å². The topological polar surface area (TPSA) is 52.2 Å². The SMILES string of the molecule is Cc1ccc2[nH]nc(C(=O)N3CCN(C)CC3c3ccccc3)c2c1. The van der Waals surface area contributed by atoms with Crippen LogP contribution in [0.3, 0.4) is 0 Å². The molecule has 1 saturated heterocycles. The largest absolute Gasteiger partial charge is 0.328 e. The highest BCUT2D eigenvalue weighted by Gasteiger charge is 2.32. The molecular formula is C20H22N4O. The number of piperazine rings is 1. The first-order valence-corrected chi connectivity index (χ1v) is 8.62. The fourth-order valence-corrected chi connectivity index (χ4v) is 3.55. The van der Waals surface area contributed by atoms with Crippen molar-refractivity contribution in [2.24, 2.45) is 0 Å². The Morgan fingerprint density at radius 3 is 2.76 bits per heavy atom. The lowest BCUT2D eigenvalue weighted by atomic mass is 10.0. The molecule has 2 aromatic carbocycles. The molecule has 0 bridgehead atoms. The third-order valence-electron chi connectivity index (χ3n) is 4.95. The summed E-state index contributed by atoms with van der Waals surface area (Å²) in [5, 5.41) is 8.22. The van der Waals surface area contributed by atoms with Crippen LogP contribution in [0.15, 0.2) is 48.5 Å². The van der Waals surface area contributed by atoms with Crippen molar-refractivity contribution in [1.82, 2.24) is 20.0 Å². The van der Waals surface area contributed by atoms with E-state index in [1.165, 1.54) is 5.56 Å². The molecule has 1 amide bonds. The van der Waals surface area contributed by atoms with Crippen LogP contribution < -0.4 is 0 Å². The van der Waals surface area contributed by atoms with E-state index in [9.17, 15) is 4.79 Å². The number of aryl methyl sites for hydroxylation is 1. The second-order valence-electron chi connectivity index (χ2n) is 6.81. The molecule has 0 saturated carbocycles. The monoisotopic (exact) mass is 334 g/mol. The van der Waals surface area contributed by atoms with Gasteiger partial charge in [-0.2, -0.15) is 5.10 Å². The minimum absolute atomic E-state index is 0.00111. The van der Waals surface area contributed by atoms with Gasteiger partial charge in [-0.05, 0) is 31.7 Å². The maximum atomic E-state index is 13.3. The molecule has 0 aliphatic carbocycles. The second-order valence-corrected chi connectivity index (χ2v) is 6.81. The molecule has 3 aromatic rings. The van der Waals surface area contributed by atoms with Gasteiger partial charge in [-0.3, -0.25) is 9.89 Å². The summed E-state index contributed by atoms with van der Waals surface area (Å²) in [6, 6.07) is 16.3. The standard InChI is InChI=1S/C20H22N4O/c1-14-8-9-17-16(12-14)19(22-21-17)20(25)24-11-10-23(2)13-18(24)15-6-4-3-5-7-15/h3-9,12,18H,10-11,13H2,1-2H3,(H,21,22). The zero-order valence-corrected chi connectivity index (χ0v) is 14.6. The van der Waals surface area contributed by atoms with Gasteiger partial charge in [0.25, 0.3) is 5.91 Å². The number of benzene rings is 2. The van der Waals surface area contributed by atoms with E-state index in [1.54, 1.807) is 0 Å². The van der Waals surface area contributed by atoms with Crippen molar-refractivity contribution in [3.63, 3.8) is 0 Å². The molecule has 1 aromatic heterocycles. The number of rotatable bonds is 2. The summed E-state index contributed by atoms with van der Waals surface area (Å²) in [5.41, 5.74) is 3.71. The minimum Gasteiger partial charge on any atom is -0.328 e. The van der Waals surface area contributed by atoms with Crippen LogP contribution in [0.2, 0.25) is 0 Å². The first kappa shape index (κ1) is 15.8. The van der Waals surface area contributed by atoms with Crippen LogP contribution in [0.5, 0.6) is 0 Å². The average Bonchev–Trinajstić information content (AvgIpc) is 3.05. The molecule has 1 aliphatic rings. The maximum absolute atomic E-state index is 13.3. The predicted molar refractivity (Wildman–Crippen MR) is 98.5 cm³/mol. The Labute approximate surface area is 147 Å². The van der Waals surface area contributed by atoms with Crippen molar-refractivity contribution < 1.29 is 4.79 Å². The maximum Gasteiger partial charge on any atom is 0.275 e. The molecule has 1 atom stereocenters. The van der Waals surface area contributed by atoms with Gasteiger partial charge >= 0.3 is 0 Å². The molecule has 25 heavy (non-hydrogen) atoms. The highest BCUT2D eigenvalue weighted by Crippen LogP contribution is 2.28. The molecule has 1 fully saturated rings. The summed E-state index contributed by atoms with van der Waals surface area (Å²) in [5.74, 6) is -0.00111. The molecular weight excluding hydrogens is 312 g/mol. The van der Waals surface area contributed by atoms with E-state index < -0.39 is 0 Å². The smallest absolute Gasteiger partial charge is 0.275 e. The lowest BCUT2D eigenvalue weighted by molar-refractivity contribution is 0.0494. The number of carbonyl (C=O) groups is 1. The number of aromatic amines is 1. The van der Waals surface area contributed by atoms with Crippen LogP contribution in [0.1, 0.15) is 27.7 Å². The zero-order chi connectivity index (χ0) is 17.4. The molecule has 1 N–H and O–H groups in total. The third-order valence-corrected chi connectivity index (χ3v) is 4.95. The highest BCUT2D eigenvalue weighted by molar-refractivity contribution is 6.05. The van der Waals surface area contributed by atoms with E-state index in [1.807, 2.05) is 48.2 Å². The Morgan fingerprint density at radius 2 is 1.96 bits per heavy atom. The lowest BCUT2D eigenvalue weighted by Gasteiger charge is -2.40.